The SMILES string of the molecule is CCCCC(NC(=O)C(C)(C)c1ccc2c(c1)OCCO2)C(=O)O. The average molecular weight is 335 g/mol. The summed E-state index contributed by atoms with van der Waals surface area (Å²) in [5, 5.41) is 12.0. The Morgan fingerprint density at radius 3 is 2.54 bits per heavy atom. The van der Waals surface area contributed by atoms with Crippen LogP contribution in [0, 0.1) is 0 Å². The highest BCUT2D eigenvalue weighted by Gasteiger charge is 2.33. The highest BCUT2D eigenvalue weighted by atomic mass is 16.6. The molecule has 1 aliphatic rings. The van der Waals surface area contributed by atoms with Gasteiger partial charge in [0.15, 0.2) is 11.5 Å². The summed E-state index contributed by atoms with van der Waals surface area (Å²) in [6.07, 6.45) is 2.06. The summed E-state index contributed by atoms with van der Waals surface area (Å²) in [5.74, 6) is -0.0505. The molecular weight excluding hydrogens is 310 g/mol. The summed E-state index contributed by atoms with van der Waals surface area (Å²) in [4.78, 5) is 24.0. The molecule has 0 aromatic heterocycles. The van der Waals surface area contributed by atoms with Crippen molar-refractivity contribution in [2.45, 2.75) is 51.5 Å². The van der Waals surface area contributed by atoms with E-state index in [1.54, 1.807) is 26.0 Å². The molecule has 0 aliphatic carbocycles. The van der Waals surface area contributed by atoms with E-state index < -0.39 is 17.4 Å². The molecule has 6 heteroatoms. The monoisotopic (exact) mass is 335 g/mol. The van der Waals surface area contributed by atoms with Crippen LogP contribution in [0.25, 0.3) is 0 Å². The molecule has 0 radical (unpaired) electrons. The molecule has 1 aliphatic heterocycles. The highest BCUT2D eigenvalue weighted by molar-refractivity contribution is 5.91. The number of rotatable bonds is 7. The van der Waals surface area contributed by atoms with Crippen LogP contribution in [0.5, 0.6) is 11.5 Å². The molecule has 1 atom stereocenters. The van der Waals surface area contributed by atoms with E-state index in [0.29, 0.717) is 31.1 Å². The zero-order valence-electron chi connectivity index (χ0n) is 14.4. The molecule has 2 rings (SSSR count). The molecule has 132 valence electrons. The maximum absolute atomic E-state index is 12.7. The Kier molecular flexibility index (Phi) is 5.70. The molecular formula is C18H25NO5. The second kappa shape index (κ2) is 7.55. The maximum Gasteiger partial charge on any atom is 0.326 e. The van der Waals surface area contributed by atoms with Gasteiger partial charge in [-0.3, -0.25) is 4.79 Å². The molecule has 24 heavy (non-hydrogen) atoms. The molecule has 0 bridgehead atoms. The first-order chi connectivity index (χ1) is 11.4. The number of unbranched alkanes of at least 4 members (excludes halogenated alkanes) is 1. The third kappa shape index (κ3) is 3.99. The lowest BCUT2D eigenvalue weighted by Crippen LogP contribution is -2.48. The van der Waals surface area contributed by atoms with Gasteiger partial charge in [0.25, 0.3) is 0 Å². The van der Waals surface area contributed by atoms with Gasteiger partial charge in [0.2, 0.25) is 5.91 Å². The Bertz CT molecular complexity index is 611. The molecule has 0 saturated carbocycles. The fraction of sp³-hybridized carbons (Fsp3) is 0.556. The maximum atomic E-state index is 12.7. The summed E-state index contributed by atoms with van der Waals surface area (Å²) in [6.45, 7) is 6.51. The number of hydrogen-bond acceptors (Lipinski definition) is 4. The molecule has 6 nitrogen and oxygen atoms in total. The number of carboxylic acids is 1. The van der Waals surface area contributed by atoms with Crippen molar-refractivity contribution in [1.82, 2.24) is 5.32 Å². The molecule has 1 aromatic carbocycles. The zero-order valence-corrected chi connectivity index (χ0v) is 14.4. The van der Waals surface area contributed by atoms with Crippen molar-refractivity contribution in [1.29, 1.82) is 0 Å². The van der Waals surface area contributed by atoms with Crippen molar-refractivity contribution in [3.63, 3.8) is 0 Å². The fourth-order valence-corrected chi connectivity index (χ4v) is 2.57. The number of fused-ring (bicyclic) bond motifs is 1. The van der Waals surface area contributed by atoms with Crippen LogP contribution in [-0.2, 0) is 15.0 Å². The van der Waals surface area contributed by atoms with Crippen molar-refractivity contribution in [3.05, 3.63) is 23.8 Å². The second-order valence-corrected chi connectivity index (χ2v) is 6.49. The number of hydrogen-bond donors (Lipinski definition) is 2. The normalized spacial score (nSPS) is 14.8. The number of amides is 1. The van der Waals surface area contributed by atoms with Gasteiger partial charge in [-0.1, -0.05) is 25.8 Å². The van der Waals surface area contributed by atoms with Gasteiger partial charge in [0.1, 0.15) is 19.3 Å². The third-order valence-electron chi connectivity index (χ3n) is 4.28. The van der Waals surface area contributed by atoms with Gasteiger partial charge in [-0.05, 0) is 38.0 Å². The van der Waals surface area contributed by atoms with Gasteiger partial charge >= 0.3 is 5.97 Å². The standard InChI is InChI=1S/C18H25NO5/c1-4-5-6-13(16(20)21)19-17(22)18(2,3)12-7-8-14-15(11-12)24-10-9-23-14/h7-8,11,13H,4-6,9-10H2,1-3H3,(H,19,22)(H,20,21). The quantitative estimate of drug-likeness (QED) is 0.800. The van der Waals surface area contributed by atoms with Crippen LogP contribution >= 0.6 is 0 Å². The minimum absolute atomic E-state index is 0.317. The molecule has 1 unspecified atom stereocenters. The van der Waals surface area contributed by atoms with E-state index in [9.17, 15) is 14.7 Å². The van der Waals surface area contributed by atoms with Crippen LogP contribution in [0.3, 0.4) is 0 Å². The van der Waals surface area contributed by atoms with Crippen LogP contribution < -0.4 is 14.8 Å². The Morgan fingerprint density at radius 2 is 1.92 bits per heavy atom. The van der Waals surface area contributed by atoms with Gasteiger partial charge in [-0.2, -0.15) is 0 Å². The summed E-state index contributed by atoms with van der Waals surface area (Å²) in [7, 11) is 0. The van der Waals surface area contributed by atoms with Crippen LogP contribution in [0.15, 0.2) is 18.2 Å². The van der Waals surface area contributed by atoms with Crippen LogP contribution in [-0.4, -0.2) is 36.2 Å². The van der Waals surface area contributed by atoms with Crippen LogP contribution in [0.1, 0.15) is 45.6 Å². The summed E-state index contributed by atoms with van der Waals surface area (Å²) in [6, 6.07) is 4.52. The number of carboxylic acid groups (broad SMARTS) is 1. The van der Waals surface area contributed by atoms with E-state index in [-0.39, 0.29) is 5.91 Å². The largest absolute Gasteiger partial charge is 0.486 e. The van der Waals surface area contributed by atoms with Crippen molar-refractivity contribution in [2.24, 2.45) is 0 Å². The van der Waals surface area contributed by atoms with Crippen molar-refractivity contribution in [2.75, 3.05) is 13.2 Å². The first kappa shape index (κ1) is 18.1. The zero-order chi connectivity index (χ0) is 17.7. The van der Waals surface area contributed by atoms with E-state index in [2.05, 4.69) is 5.32 Å². The Balaban J connectivity index is 2.15. The number of carbonyl (C=O) groups is 2. The minimum atomic E-state index is -1.00. The first-order valence-corrected chi connectivity index (χ1v) is 8.30. The number of nitrogens with one attached hydrogen (secondary N) is 1. The predicted octanol–water partition coefficient (Wildman–Crippen LogP) is 2.50. The van der Waals surface area contributed by atoms with E-state index in [1.807, 2.05) is 13.0 Å². The third-order valence-corrected chi connectivity index (χ3v) is 4.28. The number of aliphatic carboxylic acids is 1. The van der Waals surface area contributed by atoms with Crippen molar-refractivity contribution >= 4 is 11.9 Å². The van der Waals surface area contributed by atoms with Gasteiger partial charge in [-0.25, -0.2) is 4.79 Å². The topological polar surface area (TPSA) is 84.9 Å². The van der Waals surface area contributed by atoms with Crippen molar-refractivity contribution in [3.8, 4) is 11.5 Å². The summed E-state index contributed by atoms with van der Waals surface area (Å²) in [5.41, 5.74) is -0.126. The average Bonchev–Trinajstić information content (AvgIpc) is 2.57. The van der Waals surface area contributed by atoms with Crippen molar-refractivity contribution < 1.29 is 24.2 Å². The molecule has 1 aromatic rings. The van der Waals surface area contributed by atoms with Crippen LogP contribution in [0.2, 0.25) is 0 Å². The smallest absolute Gasteiger partial charge is 0.326 e. The van der Waals surface area contributed by atoms with E-state index in [0.717, 1.165) is 18.4 Å². The number of carbonyl (C=O) groups excluding carboxylic acids is 1. The Labute approximate surface area is 142 Å². The lowest BCUT2D eigenvalue weighted by Gasteiger charge is -2.28. The minimum Gasteiger partial charge on any atom is -0.486 e. The summed E-state index contributed by atoms with van der Waals surface area (Å²) < 4.78 is 11.0. The first-order valence-electron chi connectivity index (χ1n) is 8.30. The summed E-state index contributed by atoms with van der Waals surface area (Å²) >= 11 is 0. The number of benzene rings is 1. The van der Waals surface area contributed by atoms with E-state index in [4.69, 9.17) is 9.47 Å². The molecule has 0 spiro atoms. The molecule has 2 N–H and O–H groups in total. The Morgan fingerprint density at radius 1 is 1.25 bits per heavy atom. The van der Waals surface area contributed by atoms with Gasteiger partial charge in [0, 0.05) is 0 Å². The lowest BCUT2D eigenvalue weighted by molar-refractivity contribution is -0.142. The number of ether oxygens (including phenoxy) is 2. The molecule has 0 saturated heterocycles. The van der Waals surface area contributed by atoms with Gasteiger partial charge in [0.05, 0.1) is 5.41 Å². The van der Waals surface area contributed by atoms with E-state index in [1.165, 1.54) is 0 Å². The Hall–Kier alpha value is -2.24. The van der Waals surface area contributed by atoms with E-state index >= 15 is 0 Å². The fourth-order valence-electron chi connectivity index (χ4n) is 2.57. The van der Waals surface area contributed by atoms with Gasteiger partial charge < -0.3 is 19.9 Å². The second-order valence-electron chi connectivity index (χ2n) is 6.49. The predicted molar refractivity (Wildman–Crippen MR) is 89.5 cm³/mol. The van der Waals surface area contributed by atoms with Gasteiger partial charge in [-0.15, -0.1) is 0 Å². The van der Waals surface area contributed by atoms with Crippen LogP contribution in [0.4, 0.5) is 0 Å². The molecule has 1 heterocycles. The molecule has 0 fully saturated rings. The highest BCUT2D eigenvalue weighted by Crippen LogP contribution is 2.35. The molecule has 1 amide bonds. The lowest BCUT2D eigenvalue weighted by atomic mass is 9.83.